The molecule has 2 aliphatic rings. The Morgan fingerprint density at radius 1 is 1.18 bits per heavy atom. The molecule has 2 fully saturated rings. The van der Waals surface area contributed by atoms with Crippen LogP contribution in [0.2, 0.25) is 5.02 Å². The van der Waals surface area contributed by atoms with Gasteiger partial charge in [0.15, 0.2) is 17.4 Å². The molecule has 1 atom stereocenters. The molecule has 2 N–H and O–H groups in total. The Hall–Kier alpha value is -3.39. The number of nitrogens with zero attached hydrogens (tertiary/aromatic N) is 5. The van der Waals surface area contributed by atoms with Crippen LogP contribution < -0.4 is 10.2 Å². The quantitative estimate of drug-likeness (QED) is 0.421. The molecular weight excluding hydrogens is 438 g/mol. The molecule has 0 bridgehead atoms. The lowest BCUT2D eigenvalue weighted by Gasteiger charge is -2.24. The van der Waals surface area contributed by atoms with Crippen molar-refractivity contribution >= 4 is 40.5 Å². The van der Waals surface area contributed by atoms with Crippen LogP contribution in [0.25, 0.3) is 5.52 Å². The highest BCUT2D eigenvalue weighted by Gasteiger charge is 2.33. The number of benzene rings is 1. The molecule has 0 amide bonds. The molecule has 1 saturated carbocycles. The summed E-state index contributed by atoms with van der Waals surface area (Å²) < 4.78 is 1.80. The number of rotatable bonds is 7. The van der Waals surface area contributed by atoms with Crippen molar-refractivity contribution in [3.05, 3.63) is 64.9 Å². The number of aromatic nitrogens is 5. The SMILES string of the molecule is O=C(Cc1ccc(Cl)cc1)C1CCCN1c1nc(Nc2cc(C3CC3)[nH]n2)c2cccn2n1. The fourth-order valence-corrected chi connectivity index (χ4v) is 4.65. The molecule has 0 spiro atoms. The lowest BCUT2D eigenvalue weighted by molar-refractivity contribution is -0.119. The summed E-state index contributed by atoms with van der Waals surface area (Å²) in [6, 6.07) is 13.2. The van der Waals surface area contributed by atoms with Crippen molar-refractivity contribution < 1.29 is 4.79 Å². The van der Waals surface area contributed by atoms with Gasteiger partial charge in [-0.3, -0.25) is 9.89 Å². The predicted molar refractivity (Wildman–Crippen MR) is 127 cm³/mol. The molecule has 1 aliphatic heterocycles. The summed E-state index contributed by atoms with van der Waals surface area (Å²) in [7, 11) is 0. The second kappa shape index (κ2) is 8.19. The molecule has 1 unspecified atom stereocenters. The van der Waals surface area contributed by atoms with Gasteiger partial charge in [0.1, 0.15) is 5.52 Å². The van der Waals surface area contributed by atoms with Crippen molar-refractivity contribution in [1.82, 2.24) is 24.8 Å². The van der Waals surface area contributed by atoms with E-state index in [2.05, 4.69) is 15.5 Å². The number of carbonyl (C=O) groups is 1. The van der Waals surface area contributed by atoms with Gasteiger partial charge < -0.3 is 10.2 Å². The summed E-state index contributed by atoms with van der Waals surface area (Å²) in [4.78, 5) is 20.0. The Balaban J connectivity index is 1.27. The minimum atomic E-state index is -0.242. The highest BCUT2D eigenvalue weighted by molar-refractivity contribution is 6.30. The smallest absolute Gasteiger partial charge is 0.246 e. The van der Waals surface area contributed by atoms with Gasteiger partial charge in [0.05, 0.1) is 6.04 Å². The van der Waals surface area contributed by atoms with Crippen LogP contribution in [0.4, 0.5) is 17.6 Å². The van der Waals surface area contributed by atoms with Crippen molar-refractivity contribution in [2.24, 2.45) is 0 Å². The average Bonchev–Trinajstić information content (AvgIpc) is 3.20. The number of hydrogen-bond donors (Lipinski definition) is 2. The summed E-state index contributed by atoms with van der Waals surface area (Å²) in [5.41, 5.74) is 2.98. The van der Waals surface area contributed by atoms with Crippen LogP contribution in [0, 0.1) is 0 Å². The third-order valence-electron chi connectivity index (χ3n) is 6.41. The van der Waals surface area contributed by atoms with Crippen LogP contribution in [-0.4, -0.2) is 43.2 Å². The molecule has 6 rings (SSSR count). The van der Waals surface area contributed by atoms with E-state index in [1.54, 1.807) is 4.52 Å². The van der Waals surface area contributed by atoms with Gasteiger partial charge >= 0.3 is 0 Å². The van der Waals surface area contributed by atoms with E-state index in [0.29, 0.717) is 29.1 Å². The lowest BCUT2D eigenvalue weighted by atomic mass is 10.0. The molecule has 4 heterocycles. The van der Waals surface area contributed by atoms with Crippen LogP contribution in [0.3, 0.4) is 0 Å². The Labute approximate surface area is 196 Å². The van der Waals surface area contributed by atoms with Crippen molar-refractivity contribution in [2.75, 3.05) is 16.8 Å². The lowest BCUT2D eigenvalue weighted by Crippen LogP contribution is -2.38. The molecule has 8 nitrogen and oxygen atoms in total. The number of halogens is 1. The van der Waals surface area contributed by atoms with Crippen LogP contribution in [0.1, 0.15) is 42.9 Å². The molecule has 1 aromatic carbocycles. The minimum absolute atomic E-state index is 0.168. The Morgan fingerprint density at radius 2 is 2.03 bits per heavy atom. The third kappa shape index (κ3) is 4.06. The predicted octanol–water partition coefficient (Wildman–Crippen LogP) is 4.51. The second-order valence-corrected chi connectivity index (χ2v) is 9.26. The van der Waals surface area contributed by atoms with E-state index in [9.17, 15) is 4.79 Å². The number of nitrogens with one attached hydrogen (secondary N) is 2. The third-order valence-corrected chi connectivity index (χ3v) is 6.67. The number of aromatic amines is 1. The maximum Gasteiger partial charge on any atom is 0.246 e. The summed E-state index contributed by atoms with van der Waals surface area (Å²) in [6.07, 6.45) is 6.41. The minimum Gasteiger partial charge on any atom is -0.329 e. The van der Waals surface area contributed by atoms with Gasteiger partial charge in [0, 0.05) is 41.9 Å². The van der Waals surface area contributed by atoms with Gasteiger partial charge in [0.2, 0.25) is 5.95 Å². The molecular formula is C24H24ClN7O. The second-order valence-electron chi connectivity index (χ2n) is 8.83. The fraction of sp³-hybridized carbons (Fsp3) is 0.333. The molecule has 1 aliphatic carbocycles. The molecule has 0 radical (unpaired) electrons. The van der Waals surface area contributed by atoms with Crippen LogP contribution >= 0.6 is 11.6 Å². The largest absolute Gasteiger partial charge is 0.329 e. The monoisotopic (exact) mass is 461 g/mol. The van der Waals surface area contributed by atoms with E-state index < -0.39 is 0 Å². The fourth-order valence-electron chi connectivity index (χ4n) is 4.52. The van der Waals surface area contributed by atoms with Gasteiger partial charge in [-0.2, -0.15) is 10.1 Å². The van der Waals surface area contributed by atoms with Crippen molar-refractivity contribution in [3.8, 4) is 0 Å². The topological polar surface area (TPSA) is 91.2 Å². The van der Waals surface area contributed by atoms with E-state index in [1.165, 1.54) is 12.8 Å². The Kier molecular flexibility index (Phi) is 5.02. The first-order chi connectivity index (χ1) is 16.1. The van der Waals surface area contributed by atoms with Gasteiger partial charge in [-0.05, 0) is 55.5 Å². The zero-order valence-corrected chi connectivity index (χ0v) is 18.8. The molecule has 3 aromatic heterocycles. The number of hydrogen-bond acceptors (Lipinski definition) is 6. The van der Waals surface area contributed by atoms with Crippen molar-refractivity contribution in [2.45, 2.75) is 44.1 Å². The zero-order valence-electron chi connectivity index (χ0n) is 18.0. The van der Waals surface area contributed by atoms with E-state index in [4.69, 9.17) is 21.7 Å². The maximum atomic E-state index is 13.2. The summed E-state index contributed by atoms with van der Waals surface area (Å²) in [5, 5.41) is 16.3. The van der Waals surface area contributed by atoms with Crippen molar-refractivity contribution in [1.29, 1.82) is 0 Å². The summed E-state index contributed by atoms with van der Waals surface area (Å²) >= 11 is 5.99. The standard InChI is InChI=1S/C24H24ClN7O/c25-17-9-5-15(6-10-17)13-21(33)19-3-1-11-31(19)24-27-23(20-4-2-12-32(20)30-24)26-22-14-18(28-29-22)16-7-8-16/h2,4-6,9-10,12,14,16,19H,1,3,7-8,11,13H2,(H2,26,27,28,29,30). The molecule has 9 heteroatoms. The molecule has 168 valence electrons. The zero-order chi connectivity index (χ0) is 22.4. The van der Waals surface area contributed by atoms with E-state index >= 15 is 0 Å². The first-order valence-corrected chi connectivity index (χ1v) is 11.7. The maximum absolute atomic E-state index is 13.2. The summed E-state index contributed by atoms with van der Waals surface area (Å²) in [5.74, 6) is 2.73. The van der Waals surface area contributed by atoms with Gasteiger partial charge in [-0.15, -0.1) is 5.10 Å². The number of anilines is 3. The van der Waals surface area contributed by atoms with Crippen LogP contribution in [-0.2, 0) is 11.2 Å². The normalized spacial score (nSPS) is 18.2. The first kappa shape index (κ1) is 20.2. The number of ketones is 1. The highest BCUT2D eigenvalue weighted by atomic mass is 35.5. The van der Waals surface area contributed by atoms with E-state index in [1.807, 2.05) is 53.6 Å². The van der Waals surface area contributed by atoms with Gasteiger partial charge in [0.25, 0.3) is 0 Å². The number of carbonyl (C=O) groups excluding carboxylic acids is 1. The van der Waals surface area contributed by atoms with Crippen molar-refractivity contribution in [3.63, 3.8) is 0 Å². The van der Waals surface area contributed by atoms with Crippen LogP contribution in [0.15, 0.2) is 48.7 Å². The summed E-state index contributed by atoms with van der Waals surface area (Å²) in [6.45, 7) is 0.747. The average molecular weight is 462 g/mol. The number of fused-ring (bicyclic) bond motifs is 1. The molecule has 33 heavy (non-hydrogen) atoms. The van der Waals surface area contributed by atoms with E-state index in [0.717, 1.165) is 42.0 Å². The first-order valence-electron chi connectivity index (χ1n) is 11.4. The number of Topliss-reactive ketones (excluding diaryl/α,β-unsaturated/α-hetero) is 1. The number of H-pyrrole nitrogens is 1. The Morgan fingerprint density at radius 3 is 2.85 bits per heavy atom. The van der Waals surface area contributed by atoms with E-state index in [-0.39, 0.29) is 11.8 Å². The van der Waals surface area contributed by atoms with Gasteiger partial charge in [-0.1, -0.05) is 23.7 Å². The van der Waals surface area contributed by atoms with Crippen LogP contribution in [0.5, 0.6) is 0 Å². The molecule has 4 aromatic rings. The Bertz CT molecular complexity index is 1310. The molecule has 1 saturated heterocycles. The van der Waals surface area contributed by atoms with Gasteiger partial charge in [-0.25, -0.2) is 4.52 Å². The highest BCUT2D eigenvalue weighted by Crippen LogP contribution is 2.39.